The van der Waals surface area contributed by atoms with Gasteiger partial charge in [-0.2, -0.15) is 0 Å². The highest BCUT2D eigenvalue weighted by Gasteiger charge is 2.13. The largest absolute Gasteiger partial charge is 0.463 e. The molecule has 164 valence electrons. The molecule has 0 unspecified atom stereocenters. The molecule has 0 saturated carbocycles. The van der Waals surface area contributed by atoms with Crippen LogP contribution in [0.15, 0.2) is 76.3 Å². The first-order chi connectivity index (χ1) is 15.6. The summed E-state index contributed by atoms with van der Waals surface area (Å²) in [5.74, 6) is 0.406. The molecule has 0 amide bonds. The lowest BCUT2D eigenvalue weighted by atomic mass is 10.2. The van der Waals surface area contributed by atoms with E-state index < -0.39 is 5.97 Å². The minimum absolute atomic E-state index is 0.203. The van der Waals surface area contributed by atoms with Crippen LogP contribution in [-0.4, -0.2) is 37.0 Å². The van der Waals surface area contributed by atoms with E-state index in [-0.39, 0.29) is 5.76 Å². The number of esters is 1. The summed E-state index contributed by atoms with van der Waals surface area (Å²) in [7, 11) is 1.34. The van der Waals surface area contributed by atoms with Crippen LogP contribution in [0.1, 0.15) is 35.7 Å². The van der Waals surface area contributed by atoms with E-state index in [2.05, 4.69) is 53.8 Å². The number of benzene rings is 2. The molecule has 6 heteroatoms. The number of anilines is 1. The van der Waals surface area contributed by atoms with E-state index in [1.165, 1.54) is 12.8 Å². The molecule has 0 aliphatic heterocycles. The predicted octanol–water partition coefficient (Wildman–Crippen LogP) is 5.67. The first-order valence-electron chi connectivity index (χ1n) is 10.8. The Hall–Kier alpha value is -3.80. The van der Waals surface area contributed by atoms with Gasteiger partial charge >= 0.3 is 5.97 Å². The van der Waals surface area contributed by atoms with Crippen molar-refractivity contribution >= 4 is 34.5 Å². The van der Waals surface area contributed by atoms with E-state index in [1.807, 2.05) is 30.5 Å². The summed E-state index contributed by atoms with van der Waals surface area (Å²) in [4.78, 5) is 18.7. The topological polar surface area (TPSA) is 60.0 Å². The molecule has 2 aromatic carbocycles. The number of carbonyl (C=O) groups excluding carboxylic acids is 1. The highest BCUT2D eigenvalue weighted by molar-refractivity contribution is 6.00. The van der Waals surface area contributed by atoms with Crippen molar-refractivity contribution in [2.75, 3.05) is 25.1 Å². The maximum atomic E-state index is 11.7. The number of ether oxygens (including phenoxy) is 1. The lowest BCUT2D eigenvalue weighted by Gasteiger charge is -2.20. The summed E-state index contributed by atoms with van der Waals surface area (Å²) >= 11 is 0. The van der Waals surface area contributed by atoms with E-state index >= 15 is 0 Å². The van der Waals surface area contributed by atoms with E-state index in [9.17, 15) is 4.79 Å². The van der Waals surface area contributed by atoms with Crippen molar-refractivity contribution < 1.29 is 13.9 Å². The standard InChI is InChI=1S/C26H27N3O3/c1-4-28(5-2)21-12-10-20(11-13-21)27-16-19-17-29(24-9-7-6-8-23(19)24)18-22-14-15-25(32-22)26(30)31-3/h6-17H,4-5,18H2,1-3H3. The van der Waals surface area contributed by atoms with Crippen molar-refractivity contribution in [3.8, 4) is 0 Å². The maximum absolute atomic E-state index is 11.7. The van der Waals surface area contributed by atoms with Crippen LogP contribution in [0.3, 0.4) is 0 Å². The molecule has 0 atom stereocenters. The second-order valence-corrected chi connectivity index (χ2v) is 7.43. The molecule has 0 radical (unpaired) electrons. The van der Waals surface area contributed by atoms with Crippen LogP contribution in [0.4, 0.5) is 11.4 Å². The van der Waals surface area contributed by atoms with E-state index in [4.69, 9.17) is 14.1 Å². The molecule has 32 heavy (non-hydrogen) atoms. The summed E-state index contributed by atoms with van der Waals surface area (Å²) in [5.41, 5.74) is 4.21. The van der Waals surface area contributed by atoms with E-state index in [0.717, 1.165) is 35.2 Å². The number of fused-ring (bicyclic) bond motifs is 1. The molecule has 2 aromatic heterocycles. The first kappa shape index (κ1) is 21.4. The van der Waals surface area contributed by atoms with Crippen LogP contribution in [0.2, 0.25) is 0 Å². The zero-order chi connectivity index (χ0) is 22.5. The first-order valence-corrected chi connectivity index (χ1v) is 10.8. The molecule has 6 nitrogen and oxygen atoms in total. The molecule has 0 saturated heterocycles. The molecule has 4 aromatic rings. The number of rotatable bonds is 8. The lowest BCUT2D eigenvalue weighted by Crippen LogP contribution is -2.21. The summed E-state index contributed by atoms with van der Waals surface area (Å²) in [5, 5.41) is 1.11. The van der Waals surface area contributed by atoms with Gasteiger partial charge in [0.2, 0.25) is 5.76 Å². The van der Waals surface area contributed by atoms with Crippen LogP contribution < -0.4 is 4.90 Å². The Bertz CT molecular complexity index is 1230. The second-order valence-electron chi connectivity index (χ2n) is 7.43. The number of hydrogen-bond acceptors (Lipinski definition) is 5. The number of methoxy groups -OCH3 is 1. The van der Waals surface area contributed by atoms with Crippen molar-refractivity contribution in [2.24, 2.45) is 4.99 Å². The Morgan fingerprint density at radius 3 is 2.53 bits per heavy atom. The smallest absolute Gasteiger partial charge is 0.373 e. The van der Waals surface area contributed by atoms with Gasteiger partial charge in [-0.3, -0.25) is 4.99 Å². The predicted molar refractivity (Wildman–Crippen MR) is 128 cm³/mol. The Balaban J connectivity index is 1.59. The van der Waals surface area contributed by atoms with Crippen molar-refractivity contribution in [1.82, 2.24) is 4.57 Å². The Kier molecular flexibility index (Phi) is 6.40. The van der Waals surface area contributed by atoms with Crippen molar-refractivity contribution in [1.29, 1.82) is 0 Å². The SMILES string of the molecule is CCN(CC)c1ccc(N=Cc2cn(Cc3ccc(C(=O)OC)o3)c3ccccc23)cc1. The van der Waals surface area contributed by atoms with Gasteiger partial charge in [0.25, 0.3) is 0 Å². The van der Waals surface area contributed by atoms with Crippen molar-refractivity contribution in [3.63, 3.8) is 0 Å². The second kappa shape index (κ2) is 9.56. The summed E-state index contributed by atoms with van der Waals surface area (Å²) in [6.07, 6.45) is 3.95. The van der Waals surface area contributed by atoms with Gasteiger partial charge in [-0.05, 0) is 56.3 Å². The van der Waals surface area contributed by atoms with Crippen LogP contribution in [0.25, 0.3) is 10.9 Å². The molecular formula is C26H27N3O3. The third kappa shape index (κ3) is 4.44. The minimum Gasteiger partial charge on any atom is -0.463 e. The van der Waals surface area contributed by atoms with Gasteiger partial charge in [-0.15, -0.1) is 0 Å². The molecule has 0 fully saturated rings. The average molecular weight is 430 g/mol. The van der Waals surface area contributed by atoms with E-state index in [1.54, 1.807) is 12.1 Å². The zero-order valence-corrected chi connectivity index (χ0v) is 18.6. The van der Waals surface area contributed by atoms with E-state index in [0.29, 0.717) is 12.3 Å². The van der Waals surface area contributed by atoms with Gasteiger partial charge in [-0.1, -0.05) is 18.2 Å². The van der Waals surface area contributed by atoms with Gasteiger partial charge in [0.1, 0.15) is 5.76 Å². The van der Waals surface area contributed by atoms with Crippen LogP contribution in [0.5, 0.6) is 0 Å². The highest BCUT2D eigenvalue weighted by atomic mass is 16.5. The summed E-state index contributed by atoms with van der Waals surface area (Å²) < 4.78 is 12.5. The fourth-order valence-corrected chi connectivity index (χ4v) is 3.83. The molecule has 0 N–H and O–H groups in total. The molecule has 0 aliphatic rings. The quantitative estimate of drug-likeness (QED) is 0.268. The maximum Gasteiger partial charge on any atom is 0.373 e. The molecule has 0 bridgehead atoms. The van der Waals surface area contributed by atoms with Gasteiger partial charge in [0.05, 0.1) is 19.3 Å². The van der Waals surface area contributed by atoms with Gasteiger partial charge in [-0.25, -0.2) is 4.79 Å². The fraction of sp³-hybridized carbons (Fsp3) is 0.231. The molecule has 4 rings (SSSR count). The normalized spacial score (nSPS) is 11.3. The monoisotopic (exact) mass is 429 g/mol. The number of aliphatic imine (C=N–C) groups is 1. The molecule has 0 aliphatic carbocycles. The fourth-order valence-electron chi connectivity index (χ4n) is 3.83. The van der Waals surface area contributed by atoms with Crippen LogP contribution in [0, 0.1) is 0 Å². The Morgan fingerprint density at radius 2 is 1.81 bits per heavy atom. The average Bonchev–Trinajstić information content (AvgIpc) is 3.44. The van der Waals surface area contributed by atoms with Gasteiger partial charge < -0.3 is 18.6 Å². The number of carbonyl (C=O) groups is 1. The summed E-state index contributed by atoms with van der Waals surface area (Å²) in [6, 6.07) is 19.9. The molecule has 2 heterocycles. The number of aromatic nitrogens is 1. The minimum atomic E-state index is -0.478. The van der Waals surface area contributed by atoms with Gasteiger partial charge in [0, 0.05) is 47.7 Å². The van der Waals surface area contributed by atoms with Crippen molar-refractivity contribution in [3.05, 3.63) is 83.9 Å². The Morgan fingerprint density at radius 1 is 1.06 bits per heavy atom. The highest BCUT2D eigenvalue weighted by Crippen LogP contribution is 2.24. The van der Waals surface area contributed by atoms with Crippen molar-refractivity contribution in [2.45, 2.75) is 20.4 Å². The number of furan rings is 1. The Labute approximate surface area is 187 Å². The molecular weight excluding hydrogens is 402 g/mol. The number of hydrogen-bond donors (Lipinski definition) is 0. The van der Waals surface area contributed by atoms with Gasteiger partial charge in [0.15, 0.2) is 0 Å². The number of nitrogens with zero attached hydrogens (tertiary/aromatic N) is 3. The summed E-state index contributed by atoms with van der Waals surface area (Å²) in [6.45, 7) is 6.78. The lowest BCUT2D eigenvalue weighted by molar-refractivity contribution is 0.0563. The third-order valence-electron chi connectivity index (χ3n) is 5.52. The molecule has 0 spiro atoms. The zero-order valence-electron chi connectivity index (χ0n) is 18.6. The number of para-hydroxylation sites is 1. The van der Waals surface area contributed by atoms with Crippen LogP contribution >= 0.6 is 0 Å². The van der Waals surface area contributed by atoms with Crippen LogP contribution in [-0.2, 0) is 11.3 Å². The third-order valence-corrected chi connectivity index (χ3v) is 5.52.